The van der Waals surface area contributed by atoms with Crippen LogP contribution < -0.4 is 15.0 Å². The number of aromatic nitrogens is 2. The van der Waals surface area contributed by atoms with Gasteiger partial charge in [0.15, 0.2) is 0 Å². The molecular weight excluding hydrogens is 392 g/mol. The van der Waals surface area contributed by atoms with Gasteiger partial charge in [0.2, 0.25) is 5.88 Å². The average Bonchev–Trinajstić information content (AvgIpc) is 2.79. The molecule has 0 aliphatic carbocycles. The first-order valence-corrected chi connectivity index (χ1v) is 10.6. The van der Waals surface area contributed by atoms with Crippen molar-refractivity contribution < 1.29 is 14.6 Å². The van der Waals surface area contributed by atoms with Gasteiger partial charge in [0.05, 0.1) is 12.7 Å². The number of fused-ring (bicyclic) bond motifs is 2. The van der Waals surface area contributed by atoms with Gasteiger partial charge in [0.25, 0.3) is 0 Å². The minimum absolute atomic E-state index is 0.131. The van der Waals surface area contributed by atoms with E-state index in [0.29, 0.717) is 23.7 Å². The second-order valence-electron chi connectivity index (χ2n) is 7.56. The third kappa shape index (κ3) is 4.01. The van der Waals surface area contributed by atoms with Crippen molar-refractivity contribution in [1.29, 1.82) is 5.41 Å². The number of ether oxygens (including phenoxy) is 2. The van der Waals surface area contributed by atoms with Gasteiger partial charge in [-0.2, -0.15) is 0 Å². The zero-order valence-electron chi connectivity index (χ0n) is 18.1. The highest BCUT2D eigenvalue weighted by molar-refractivity contribution is 5.57. The van der Waals surface area contributed by atoms with E-state index in [0.717, 1.165) is 42.1 Å². The molecule has 0 spiro atoms. The van der Waals surface area contributed by atoms with Gasteiger partial charge in [-0.25, -0.2) is 4.98 Å². The van der Waals surface area contributed by atoms with Gasteiger partial charge in [-0.05, 0) is 36.9 Å². The van der Waals surface area contributed by atoms with Crippen molar-refractivity contribution in [3.63, 3.8) is 0 Å². The van der Waals surface area contributed by atoms with Crippen LogP contribution >= 0.6 is 0 Å². The van der Waals surface area contributed by atoms with E-state index in [-0.39, 0.29) is 11.7 Å². The lowest BCUT2D eigenvalue weighted by Gasteiger charge is -2.29. The second kappa shape index (κ2) is 8.81. The van der Waals surface area contributed by atoms with E-state index in [4.69, 9.17) is 14.9 Å². The molecule has 1 aromatic heterocycles. The fourth-order valence-electron chi connectivity index (χ4n) is 4.06. The lowest BCUT2D eigenvalue weighted by atomic mass is 9.84. The Balaban J connectivity index is 1.82. The van der Waals surface area contributed by atoms with E-state index < -0.39 is 0 Å². The van der Waals surface area contributed by atoms with Crippen molar-refractivity contribution in [2.45, 2.75) is 26.3 Å². The number of hydrogen-bond donors (Lipinski definition) is 2. The van der Waals surface area contributed by atoms with Crippen LogP contribution in [-0.2, 0) is 6.54 Å². The molecule has 2 aromatic carbocycles. The summed E-state index contributed by atoms with van der Waals surface area (Å²) in [5.74, 6) is 1.64. The number of phenols is 1. The second-order valence-corrected chi connectivity index (χ2v) is 7.56. The van der Waals surface area contributed by atoms with Crippen LogP contribution in [0.5, 0.6) is 23.1 Å². The van der Waals surface area contributed by atoms with Crippen molar-refractivity contribution in [3.05, 3.63) is 71.0 Å². The first kappa shape index (κ1) is 20.9. The maximum Gasteiger partial charge on any atom is 0.228 e. The summed E-state index contributed by atoms with van der Waals surface area (Å²) < 4.78 is 13.2. The van der Waals surface area contributed by atoms with E-state index in [9.17, 15) is 5.11 Å². The highest BCUT2D eigenvalue weighted by Crippen LogP contribution is 2.46. The highest BCUT2D eigenvalue weighted by Gasteiger charge is 2.32. The van der Waals surface area contributed by atoms with Crippen molar-refractivity contribution >= 4 is 0 Å². The van der Waals surface area contributed by atoms with Crippen molar-refractivity contribution in [2.24, 2.45) is 0 Å². The summed E-state index contributed by atoms with van der Waals surface area (Å²) >= 11 is 0. The summed E-state index contributed by atoms with van der Waals surface area (Å²) in [6.45, 7) is 7.75. The molecule has 162 valence electrons. The Morgan fingerprint density at radius 3 is 2.58 bits per heavy atom. The molecule has 0 unspecified atom stereocenters. The molecule has 1 atom stereocenters. The Bertz CT molecular complexity index is 1120. The van der Waals surface area contributed by atoms with Gasteiger partial charge >= 0.3 is 0 Å². The molecule has 1 aliphatic rings. The molecular formula is C24H28N4O3. The van der Waals surface area contributed by atoms with Crippen molar-refractivity contribution in [2.75, 3.05) is 26.7 Å². The molecule has 2 heterocycles. The first-order valence-electron chi connectivity index (χ1n) is 10.6. The fourth-order valence-corrected chi connectivity index (χ4v) is 4.06. The highest BCUT2D eigenvalue weighted by atomic mass is 16.5. The molecule has 0 saturated carbocycles. The van der Waals surface area contributed by atoms with E-state index in [2.05, 4.69) is 23.7 Å². The van der Waals surface area contributed by atoms with Gasteiger partial charge in [-0.3, -0.25) is 5.41 Å². The van der Waals surface area contributed by atoms with Crippen LogP contribution in [0.3, 0.4) is 0 Å². The molecule has 0 saturated heterocycles. The number of benzene rings is 2. The Labute approximate surface area is 182 Å². The Morgan fingerprint density at radius 1 is 1.16 bits per heavy atom. The van der Waals surface area contributed by atoms with Crippen LogP contribution in [0.1, 0.15) is 36.5 Å². The lowest BCUT2D eigenvalue weighted by Crippen LogP contribution is -2.34. The Hall–Kier alpha value is -3.32. The molecule has 7 nitrogen and oxygen atoms in total. The summed E-state index contributed by atoms with van der Waals surface area (Å²) in [5.41, 5.74) is 3.02. The molecule has 3 aromatic rings. The Kier molecular flexibility index (Phi) is 5.95. The van der Waals surface area contributed by atoms with Crippen molar-refractivity contribution in [3.8, 4) is 23.1 Å². The van der Waals surface area contributed by atoms with E-state index in [1.54, 1.807) is 25.6 Å². The number of rotatable bonds is 7. The molecule has 0 amide bonds. The summed E-state index contributed by atoms with van der Waals surface area (Å²) in [6.07, 6.45) is 1.67. The monoisotopic (exact) mass is 420 g/mol. The zero-order chi connectivity index (χ0) is 22.0. The maximum absolute atomic E-state index is 9.97. The van der Waals surface area contributed by atoms with Gasteiger partial charge in [-0.15, -0.1) is 0 Å². The summed E-state index contributed by atoms with van der Waals surface area (Å²) in [5, 5.41) is 18.9. The molecule has 2 N–H and O–H groups in total. The quantitative estimate of drug-likeness (QED) is 0.476. The van der Waals surface area contributed by atoms with E-state index in [1.807, 2.05) is 34.9 Å². The SMILES string of the molecule is CCN(CC)CCn1cnc2c(c1=N)[C@@H](c1ccc(OC)cc1)c1ccc(O)cc1O2. The molecule has 31 heavy (non-hydrogen) atoms. The minimum atomic E-state index is -0.230. The van der Waals surface area contributed by atoms with E-state index >= 15 is 0 Å². The van der Waals surface area contributed by atoms with Gasteiger partial charge in [0, 0.05) is 30.6 Å². The maximum atomic E-state index is 9.97. The number of aromatic hydroxyl groups is 1. The Morgan fingerprint density at radius 2 is 1.90 bits per heavy atom. The smallest absolute Gasteiger partial charge is 0.228 e. The third-order valence-corrected chi connectivity index (χ3v) is 5.89. The van der Waals surface area contributed by atoms with Crippen LogP contribution in [0.15, 0.2) is 48.8 Å². The molecule has 0 fully saturated rings. The number of methoxy groups -OCH3 is 1. The third-order valence-electron chi connectivity index (χ3n) is 5.89. The number of phenolic OH excluding ortho intramolecular Hbond substituents is 1. The first-order chi connectivity index (χ1) is 15.0. The topological polar surface area (TPSA) is 83.6 Å². The zero-order valence-corrected chi connectivity index (χ0v) is 18.1. The lowest BCUT2D eigenvalue weighted by molar-refractivity contribution is 0.286. The minimum Gasteiger partial charge on any atom is -0.508 e. The fraction of sp³-hybridized carbons (Fsp3) is 0.333. The van der Waals surface area contributed by atoms with Crippen molar-refractivity contribution in [1.82, 2.24) is 14.5 Å². The predicted molar refractivity (Wildman–Crippen MR) is 118 cm³/mol. The summed E-state index contributed by atoms with van der Waals surface area (Å²) in [4.78, 5) is 6.86. The van der Waals surface area contributed by atoms with Crippen LogP contribution in [0.25, 0.3) is 0 Å². The van der Waals surface area contributed by atoms with E-state index in [1.165, 1.54) is 0 Å². The molecule has 0 bridgehead atoms. The molecule has 0 radical (unpaired) electrons. The van der Waals surface area contributed by atoms with Gasteiger partial charge in [-0.1, -0.05) is 32.0 Å². The molecule has 1 aliphatic heterocycles. The average molecular weight is 421 g/mol. The van der Waals surface area contributed by atoms with Crippen LogP contribution in [-0.4, -0.2) is 46.3 Å². The van der Waals surface area contributed by atoms with Gasteiger partial charge < -0.3 is 24.0 Å². The normalized spacial score (nSPS) is 14.6. The number of nitrogens with one attached hydrogen (secondary N) is 1. The largest absolute Gasteiger partial charge is 0.508 e. The number of hydrogen-bond acceptors (Lipinski definition) is 6. The number of likely N-dealkylation sites (N-methyl/N-ethyl adjacent to an activating group) is 1. The molecule has 7 heteroatoms. The van der Waals surface area contributed by atoms with Crippen LogP contribution in [0, 0.1) is 5.41 Å². The number of nitrogens with zero attached hydrogens (tertiary/aromatic N) is 3. The predicted octanol–water partition coefficient (Wildman–Crippen LogP) is 3.70. The summed E-state index contributed by atoms with van der Waals surface area (Å²) in [6, 6.07) is 12.9. The van der Waals surface area contributed by atoms with Crippen LogP contribution in [0.2, 0.25) is 0 Å². The molecule has 4 rings (SSSR count). The summed E-state index contributed by atoms with van der Waals surface area (Å²) in [7, 11) is 1.64. The van der Waals surface area contributed by atoms with Gasteiger partial charge in [0.1, 0.15) is 29.1 Å². The van der Waals surface area contributed by atoms with Crippen LogP contribution in [0.4, 0.5) is 0 Å². The standard InChI is InChI=1S/C24H28N4O3/c1-4-27(5-2)12-13-28-15-26-24-22(23(28)25)21(16-6-9-18(30-3)10-7-16)19-11-8-17(29)14-20(19)31-24/h6-11,14-15,21,25,29H,4-5,12-13H2,1-3H3/t21-/m0/s1.